The molecule has 0 aliphatic carbocycles. The summed E-state index contributed by atoms with van der Waals surface area (Å²) in [6, 6.07) is 16.1. The van der Waals surface area contributed by atoms with Crippen LogP contribution in [0.2, 0.25) is 0 Å². The summed E-state index contributed by atoms with van der Waals surface area (Å²) >= 11 is 1.64. The maximum atomic E-state index is 12.7. The molecule has 0 spiro atoms. The predicted molar refractivity (Wildman–Crippen MR) is 109 cm³/mol. The van der Waals surface area contributed by atoms with Crippen molar-refractivity contribution in [3.63, 3.8) is 0 Å². The first-order valence-corrected chi connectivity index (χ1v) is 10.5. The molecule has 3 aliphatic heterocycles. The Labute approximate surface area is 165 Å². The van der Waals surface area contributed by atoms with Gasteiger partial charge in [-0.15, -0.1) is 0 Å². The van der Waals surface area contributed by atoms with Gasteiger partial charge in [0.2, 0.25) is 0 Å². The van der Waals surface area contributed by atoms with Crippen LogP contribution in [0.5, 0.6) is 5.75 Å². The summed E-state index contributed by atoms with van der Waals surface area (Å²) in [5.74, 6) is 1.67. The van der Waals surface area contributed by atoms with Crippen molar-refractivity contribution in [1.29, 1.82) is 0 Å². The Morgan fingerprint density at radius 1 is 1.11 bits per heavy atom. The van der Waals surface area contributed by atoms with Gasteiger partial charge in [0.25, 0.3) is 5.91 Å². The highest BCUT2D eigenvalue weighted by atomic mass is 32.2. The third-order valence-corrected chi connectivity index (χ3v) is 6.62. The van der Waals surface area contributed by atoms with E-state index in [2.05, 4.69) is 10.2 Å². The van der Waals surface area contributed by atoms with Crippen LogP contribution < -0.4 is 10.1 Å². The predicted octanol–water partition coefficient (Wildman–Crippen LogP) is 4.06. The van der Waals surface area contributed by atoms with Crippen molar-refractivity contribution >= 4 is 17.7 Å². The zero-order valence-electron chi connectivity index (χ0n) is 15.7. The second-order valence-corrected chi connectivity index (χ2v) is 8.54. The fraction of sp³-hybridized carbons (Fsp3) is 0.409. The molecule has 0 aromatic heterocycles. The smallest absolute Gasteiger partial charge is 0.251 e. The van der Waals surface area contributed by atoms with Gasteiger partial charge >= 0.3 is 0 Å². The molecule has 2 aromatic rings. The first-order chi connectivity index (χ1) is 13.2. The molecule has 0 saturated carbocycles. The number of hydrogen-bond acceptors (Lipinski definition) is 4. The normalized spacial score (nSPS) is 24.3. The fourth-order valence-electron chi connectivity index (χ4n) is 4.07. The summed E-state index contributed by atoms with van der Waals surface area (Å²) in [7, 11) is 1.68. The van der Waals surface area contributed by atoms with Crippen molar-refractivity contribution in [2.75, 3.05) is 26.7 Å². The van der Waals surface area contributed by atoms with Crippen molar-refractivity contribution in [2.24, 2.45) is 5.92 Å². The summed E-state index contributed by atoms with van der Waals surface area (Å²) in [6.45, 7) is 3.36. The Morgan fingerprint density at radius 3 is 2.59 bits per heavy atom. The molecule has 4 nitrogen and oxygen atoms in total. The van der Waals surface area contributed by atoms with Gasteiger partial charge in [0.05, 0.1) is 12.0 Å². The number of piperidine rings is 1. The molecule has 3 heterocycles. The first kappa shape index (κ1) is 18.4. The molecule has 3 saturated heterocycles. The van der Waals surface area contributed by atoms with E-state index in [-0.39, 0.29) is 11.9 Å². The van der Waals surface area contributed by atoms with Crippen LogP contribution in [0.1, 0.15) is 29.6 Å². The molecule has 5 heteroatoms. The molecule has 1 N–H and O–H groups in total. The summed E-state index contributed by atoms with van der Waals surface area (Å²) in [5.41, 5.74) is 0.728. The summed E-state index contributed by atoms with van der Waals surface area (Å²) < 4.78 is 5.41. The highest BCUT2D eigenvalue weighted by molar-refractivity contribution is 7.99. The van der Waals surface area contributed by atoms with Crippen LogP contribution in [0.3, 0.4) is 0 Å². The maximum Gasteiger partial charge on any atom is 0.251 e. The third-order valence-electron chi connectivity index (χ3n) is 5.55. The average Bonchev–Trinajstić information content (AvgIpc) is 3.01. The molecular weight excluding hydrogens is 356 g/mol. The number of methoxy groups -OCH3 is 1. The molecule has 1 atom stereocenters. The zero-order valence-corrected chi connectivity index (χ0v) is 16.5. The average molecular weight is 383 g/mol. The molecule has 3 aliphatic rings. The van der Waals surface area contributed by atoms with E-state index < -0.39 is 0 Å². The van der Waals surface area contributed by atoms with Gasteiger partial charge in [-0.3, -0.25) is 4.79 Å². The minimum absolute atomic E-state index is 0.0383. The van der Waals surface area contributed by atoms with E-state index in [0.29, 0.717) is 0 Å². The van der Waals surface area contributed by atoms with E-state index in [0.717, 1.165) is 40.0 Å². The van der Waals surface area contributed by atoms with Crippen molar-refractivity contribution in [3.8, 4) is 5.75 Å². The van der Waals surface area contributed by atoms with Crippen LogP contribution in [-0.2, 0) is 0 Å². The van der Waals surface area contributed by atoms with Crippen LogP contribution in [0, 0.1) is 5.92 Å². The second kappa shape index (κ2) is 8.36. The minimum Gasteiger partial charge on any atom is -0.496 e. The number of carbonyl (C=O) groups is 1. The molecule has 0 radical (unpaired) electrons. The molecule has 2 aromatic carbocycles. The number of nitrogens with zero attached hydrogens (tertiary/aromatic N) is 1. The number of hydrogen-bond donors (Lipinski definition) is 1. The van der Waals surface area contributed by atoms with E-state index in [1.807, 2.05) is 48.5 Å². The van der Waals surface area contributed by atoms with Gasteiger partial charge in [0, 0.05) is 23.0 Å². The van der Waals surface area contributed by atoms with Crippen LogP contribution >= 0.6 is 11.8 Å². The number of nitrogens with one attached hydrogen (secondary N) is 1. The van der Waals surface area contributed by atoms with Crippen LogP contribution in [0.4, 0.5) is 0 Å². The lowest BCUT2D eigenvalue weighted by atomic mass is 9.94. The monoisotopic (exact) mass is 382 g/mol. The molecule has 1 amide bonds. The summed E-state index contributed by atoms with van der Waals surface area (Å²) in [4.78, 5) is 17.3. The van der Waals surface area contributed by atoms with E-state index in [9.17, 15) is 4.79 Å². The van der Waals surface area contributed by atoms with Gasteiger partial charge in [0.1, 0.15) is 5.75 Å². The van der Waals surface area contributed by atoms with E-state index in [4.69, 9.17) is 4.74 Å². The summed E-state index contributed by atoms with van der Waals surface area (Å²) in [6.07, 6.45) is 3.67. The van der Waals surface area contributed by atoms with Gasteiger partial charge in [-0.25, -0.2) is 0 Å². The zero-order chi connectivity index (χ0) is 18.6. The molecular formula is C22H26N2O2S. The van der Waals surface area contributed by atoms with Crippen LogP contribution in [-0.4, -0.2) is 43.6 Å². The third kappa shape index (κ3) is 4.47. The molecule has 5 rings (SSSR count). The second-order valence-electron chi connectivity index (χ2n) is 7.43. The number of ether oxygens (including phenoxy) is 1. The topological polar surface area (TPSA) is 41.6 Å². The van der Waals surface area contributed by atoms with Gasteiger partial charge < -0.3 is 15.0 Å². The molecule has 27 heavy (non-hydrogen) atoms. The first-order valence-electron chi connectivity index (χ1n) is 9.65. The van der Waals surface area contributed by atoms with Crippen LogP contribution in [0.15, 0.2) is 58.3 Å². The van der Waals surface area contributed by atoms with Crippen LogP contribution in [0.25, 0.3) is 0 Å². The number of carbonyl (C=O) groups excluding carboxylic acids is 1. The lowest BCUT2D eigenvalue weighted by molar-refractivity contribution is 0.0928. The Balaban J connectivity index is 1.39. The van der Waals surface area contributed by atoms with Gasteiger partial charge in [0.15, 0.2) is 0 Å². The Kier molecular flexibility index (Phi) is 5.69. The van der Waals surface area contributed by atoms with Crippen molar-refractivity contribution in [1.82, 2.24) is 10.2 Å². The standard InChI is InChI=1S/C22H26N2O2S/c1-26-20-4-2-3-5-21(20)27-19-8-6-17(7-9-19)22(25)23-18-14-16-10-12-24(15-18)13-11-16/h2-9,16,18H,10-15H2,1H3,(H,23,25). The highest BCUT2D eigenvalue weighted by Gasteiger charge is 2.29. The Hall–Kier alpha value is -1.98. The Bertz CT molecular complexity index is 771. The minimum atomic E-state index is 0.0383. The molecule has 3 fully saturated rings. The van der Waals surface area contributed by atoms with Gasteiger partial charge in [-0.2, -0.15) is 0 Å². The fourth-order valence-corrected chi connectivity index (χ4v) is 5.00. The Morgan fingerprint density at radius 2 is 1.85 bits per heavy atom. The van der Waals surface area contributed by atoms with Gasteiger partial charge in [-0.05, 0) is 74.7 Å². The van der Waals surface area contributed by atoms with Crippen molar-refractivity contribution in [3.05, 3.63) is 54.1 Å². The molecule has 2 bridgehead atoms. The highest BCUT2D eigenvalue weighted by Crippen LogP contribution is 2.34. The number of para-hydroxylation sites is 1. The summed E-state index contributed by atoms with van der Waals surface area (Å²) in [5, 5.41) is 3.26. The van der Waals surface area contributed by atoms with E-state index in [1.165, 1.54) is 25.9 Å². The SMILES string of the molecule is COc1ccccc1Sc1ccc(C(=O)NC2CC3CCN(CC3)C2)cc1. The number of rotatable bonds is 5. The number of amides is 1. The lowest BCUT2D eigenvalue weighted by Crippen LogP contribution is -2.41. The largest absolute Gasteiger partial charge is 0.496 e. The quantitative estimate of drug-likeness (QED) is 0.847. The van der Waals surface area contributed by atoms with Gasteiger partial charge in [-0.1, -0.05) is 23.9 Å². The molecule has 1 unspecified atom stereocenters. The lowest BCUT2D eigenvalue weighted by Gasteiger charge is -2.26. The number of benzene rings is 2. The molecule has 142 valence electrons. The van der Waals surface area contributed by atoms with Crippen molar-refractivity contribution in [2.45, 2.75) is 35.1 Å². The van der Waals surface area contributed by atoms with E-state index >= 15 is 0 Å². The van der Waals surface area contributed by atoms with E-state index in [1.54, 1.807) is 18.9 Å². The number of fused-ring (bicyclic) bond motifs is 4. The van der Waals surface area contributed by atoms with Crippen molar-refractivity contribution < 1.29 is 9.53 Å². The maximum absolute atomic E-state index is 12.7.